The first-order valence-corrected chi connectivity index (χ1v) is 12.2. The summed E-state index contributed by atoms with van der Waals surface area (Å²) < 4.78 is 13.1. The number of ether oxygens (including phenoxy) is 2. The van der Waals surface area contributed by atoms with Crippen molar-refractivity contribution in [2.45, 2.75) is 102 Å². The Morgan fingerprint density at radius 3 is 2.40 bits per heavy atom. The molecule has 0 N–H and O–H groups in total. The molecule has 7 rings (SSSR count). The highest BCUT2D eigenvalue weighted by Crippen LogP contribution is 2.64. The van der Waals surface area contributed by atoms with Gasteiger partial charge in [0.1, 0.15) is 11.4 Å². The third-order valence-corrected chi connectivity index (χ3v) is 8.37. The minimum absolute atomic E-state index is 0.191. The molecule has 6 fully saturated rings. The van der Waals surface area contributed by atoms with E-state index in [0.29, 0.717) is 17.8 Å². The monoisotopic (exact) mass is 412 g/mol. The molecule has 0 amide bonds. The highest BCUT2D eigenvalue weighted by Gasteiger charge is 2.67. The van der Waals surface area contributed by atoms with E-state index < -0.39 is 11.6 Å². The van der Waals surface area contributed by atoms with Crippen LogP contribution in [0.4, 0.5) is 0 Å². The van der Waals surface area contributed by atoms with Gasteiger partial charge in [0.25, 0.3) is 0 Å². The summed E-state index contributed by atoms with van der Waals surface area (Å²) in [4.78, 5) is 12.4. The summed E-state index contributed by atoms with van der Waals surface area (Å²) in [6.07, 6.45) is 10.6. The lowest BCUT2D eigenvalue weighted by atomic mass is 9.53. The maximum absolute atomic E-state index is 6.94. The van der Waals surface area contributed by atoms with Crippen molar-refractivity contribution in [3.05, 3.63) is 29.8 Å². The molecule has 164 valence electrons. The van der Waals surface area contributed by atoms with Crippen molar-refractivity contribution >= 4 is 0 Å². The smallest absolute Gasteiger partial charge is 0.210 e. The van der Waals surface area contributed by atoms with Crippen LogP contribution in [-0.4, -0.2) is 17.2 Å². The van der Waals surface area contributed by atoms with Gasteiger partial charge in [0.2, 0.25) is 11.6 Å². The fourth-order valence-corrected chi connectivity index (χ4v) is 7.45. The van der Waals surface area contributed by atoms with Crippen molar-refractivity contribution < 1.29 is 19.2 Å². The lowest BCUT2D eigenvalue weighted by molar-refractivity contribution is -0.390. The molecular formula is C26H36O4. The zero-order valence-corrected chi connectivity index (χ0v) is 18.7. The largest absolute Gasteiger partial charge is 0.488 e. The zero-order valence-electron chi connectivity index (χ0n) is 18.7. The van der Waals surface area contributed by atoms with Gasteiger partial charge in [-0.3, -0.25) is 0 Å². The molecule has 1 aliphatic heterocycles. The van der Waals surface area contributed by atoms with Crippen molar-refractivity contribution in [2.24, 2.45) is 23.7 Å². The predicted molar refractivity (Wildman–Crippen MR) is 114 cm³/mol. The minimum Gasteiger partial charge on any atom is -0.488 e. The highest BCUT2D eigenvalue weighted by atomic mass is 17.3. The van der Waals surface area contributed by atoms with Gasteiger partial charge in [-0.05, 0) is 101 Å². The van der Waals surface area contributed by atoms with Crippen LogP contribution in [0.2, 0.25) is 0 Å². The van der Waals surface area contributed by atoms with Crippen LogP contribution >= 0.6 is 0 Å². The summed E-state index contributed by atoms with van der Waals surface area (Å²) in [5, 5.41) is 0. The number of rotatable bonds is 2. The van der Waals surface area contributed by atoms with Gasteiger partial charge in [-0.1, -0.05) is 12.1 Å². The van der Waals surface area contributed by atoms with Gasteiger partial charge < -0.3 is 9.47 Å². The van der Waals surface area contributed by atoms with Crippen molar-refractivity contribution in [2.75, 3.05) is 0 Å². The zero-order chi connectivity index (χ0) is 20.6. The van der Waals surface area contributed by atoms with E-state index in [1.54, 1.807) is 0 Å². The molecule has 1 heterocycles. The van der Waals surface area contributed by atoms with E-state index in [1.807, 2.05) is 0 Å². The van der Waals surface area contributed by atoms with Gasteiger partial charge in [-0.25, -0.2) is 0 Å². The van der Waals surface area contributed by atoms with Crippen LogP contribution in [-0.2, 0) is 14.5 Å². The Labute approximate surface area is 180 Å². The molecule has 6 aliphatic rings. The standard InChI is InChI=1S/C26H36O4/c1-24(2,3)27-23-8-4-6-19(15-23)20-7-5-9-25(16-20)28-26(30-29-25)21-11-17-10-18(13-21)14-22(26)12-17/h4,6,8,15,17-18,20-22H,5,7,9-14,16H2,1-3H3/t17?,18?,20-,21?,22?,25-,26?/m1/s1. The van der Waals surface area contributed by atoms with Crippen LogP contribution in [0.3, 0.4) is 0 Å². The topological polar surface area (TPSA) is 36.9 Å². The van der Waals surface area contributed by atoms with E-state index in [4.69, 9.17) is 19.2 Å². The quantitative estimate of drug-likeness (QED) is 0.531. The van der Waals surface area contributed by atoms with Crippen molar-refractivity contribution in [1.82, 2.24) is 0 Å². The number of hydrogen-bond acceptors (Lipinski definition) is 4. The molecule has 0 aromatic heterocycles. The summed E-state index contributed by atoms with van der Waals surface area (Å²) in [5.41, 5.74) is 1.14. The second-order valence-corrected chi connectivity index (χ2v) is 11.8. The molecule has 5 saturated carbocycles. The highest BCUT2D eigenvalue weighted by molar-refractivity contribution is 5.32. The second kappa shape index (κ2) is 6.70. The average molecular weight is 413 g/mol. The van der Waals surface area contributed by atoms with Gasteiger partial charge in [0, 0.05) is 24.7 Å². The Kier molecular flexibility index (Phi) is 4.37. The summed E-state index contributed by atoms with van der Waals surface area (Å²) in [6.45, 7) is 6.28. The first kappa shape index (κ1) is 19.6. The van der Waals surface area contributed by atoms with Crippen LogP contribution in [0.5, 0.6) is 5.75 Å². The number of benzene rings is 1. The van der Waals surface area contributed by atoms with Gasteiger partial charge in [0.05, 0.1) is 0 Å². The van der Waals surface area contributed by atoms with E-state index in [1.165, 1.54) is 37.7 Å². The van der Waals surface area contributed by atoms with Crippen LogP contribution in [0, 0.1) is 23.7 Å². The third-order valence-electron chi connectivity index (χ3n) is 8.37. The van der Waals surface area contributed by atoms with Crippen molar-refractivity contribution in [1.29, 1.82) is 0 Å². The van der Waals surface area contributed by atoms with Crippen molar-refractivity contribution in [3.63, 3.8) is 0 Å². The number of hydrogen-bond donors (Lipinski definition) is 0. The van der Waals surface area contributed by atoms with E-state index in [0.717, 1.165) is 43.3 Å². The lowest BCUT2D eigenvalue weighted by Gasteiger charge is -2.57. The molecule has 4 heteroatoms. The fourth-order valence-electron chi connectivity index (χ4n) is 7.45. The van der Waals surface area contributed by atoms with E-state index in [2.05, 4.69) is 45.0 Å². The van der Waals surface area contributed by atoms with E-state index in [-0.39, 0.29) is 5.60 Å². The predicted octanol–water partition coefficient (Wildman–Crippen LogP) is 6.35. The fraction of sp³-hybridized carbons (Fsp3) is 0.769. The SMILES string of the molecule is CC(C)(C)Oc1cccc([C@@H]2CCC[C@]3(C2)OOC2(O3)C3CC4CC(C3)CC2C4)c1. The van der Waals surface area contributed by atoms with Crippen LogP contribution in [0.1, 0.15) is 90.0 Å². The maximum atomic E-state index is 6.94. The molecule has 1 aromatic carbocycles. The Morgan fingerprint density at radius 1 is 0.967 bits per heavy atom. The maximum Gasteiger partial charge on any atom is 0.210 e. The molecule has 1 aromatic rings. The molecule has 4 nitrogen and oxygen atoms in total. The molecule has 4 bridgehead atoms. The molecule has 0 unspecified atom stereocenters. The first-order chi connectivity index (χ1) is 14.3. The summed E-state index contributed by atoms with van der Waals surface area (Å²) in [6, 6.07) is 8.61. The van der Waals surface area contributed by atoms with E-state index >= 15 is 0 Å². The average Bonchev–Trinajstić information content (AvgIpc) is 3.04. The van der Waals surface area contributed by atoms with Crippen LogP contribution in [0.15, 0.2) is 24.3 Å². The third kappa shape index (κ3) is 3.22. The van der Waals surface area contributed by atoms with Gasteiger partial charge in [0.15, 0.2) is 0 Å². The van der Waals surface area contributed by atoms with E-state index in [9.17, 15) is 0 Å². The molecule has 2 spiro atoms. The minimum atomic E-state index is -0.570. The Bertz CT molecular complexity index is 783. The van der Waals surface area contributed by atoms with Gasteiger partial charge in [-0.15, -0.1) is 0 Å². The second-order valence-electron chi connectivity index (χ2n) is 11.8. The molecule has 2 atom stereocenters. The summed E-state index contributed by atoms with van der Waals surface area (Å²) >= 11 is 0. The molecular weight excluding hydrogens is 376 g/mol. The van der Waals surface area contributed by atoms with Crippen LogP contribution < -0.4 is 4.74 Å². The lowest BCUT2D eigenvalue weighted by Crippen LogP contribution is -2.59. The first-order valence-electron chi connectivity index (χ1n) is 12.2. The Hall–Kier alpha value is -1.10. The molecule has 1 saturated heterocycles. The van der Waals surface area contributed by atoms with Gasteiger partial charge >= 0.3 is 0 Å². The van der Waals surface area contributed by atoms with Crippen LogP contribution in [0.25, 0.3) is 0 Å². The molecule has 0 radical (unpaired) electrons. The Balaban J connectivity index is 1.22. The summed E-state index contributed by atoms with van der Waals surface area (Å²) in [5.74, 6) is 3.16. The molecule has 5 aliphatic carbocycles. The van der Waals surface area contributed by atoms with Gasteiger partial charge in [-0.2, -0.15) is 9.78 Å². The van der Waals surface area contributed by atoms with Crippen molar-refractivity contribution in [3.8, 4) is 5.75 Å². The molecule has 30 heavy (non-hydrogen) atoms. The normalized spacial score (nSPS) is 44.8. The Morgan fingerprint density at radius 2 is 1.70 bits per heavy atom. The summed E-state index contributed by atoms with van der Waals surface area (Å²) in [7, 11) is 0.